The minimum atomic E-state index is -3.79. The highest BCUT2D eigenvalue weighted by molar-refractivity contribution is 7.89. The van der Waals surface area contributed by atoms with Gasteiger partial charge in [0.05, 0.1) is 24.7 Å². The Morgan fingerprint density at radius 3 is 2.22 bits per heavy atom. The predicted octanol–water partition coefficient (Wildman–Crippen LogP) is 2.25. The summed E-state index contributed by atoms with van der Waals surface area (Å²) in [4.78, 5) is 11.9. The van der Waals surface area contributed by atoms with Crippen LogP contribution >= 0.6 is 12.6 Å². The van der Waals surface area contributed by atoms with Crippen LogP contribution in [0.1, 0.15) is 31.9 Å². The van der Waals surface area contributed by atoms with Gasteiger partial charge in [-0.2, -0.15) is 12.6 Å². The third-order valence-corrected chi connectivity index (χ3v) is 5.71. The van der Waals surface area contributed by atoms with E-state index in [0.29, 0.717) is 16.9 Å². The number of benzene rings is 1. The Kier molecular flexibility index (Phi) is 8.59. The van der Waals surface area contributed by atoms with Gasteiger partial charge in [-0.3, -0.25) is 0 Å². The van der Waals surface area contributed by atoms with E-state index in [-0.39, 0.29) is 23.9 Å². The Balaban J connectivity index is 2.78. The van der Waals surface area contributed by atoms with E-state index in [1.165, 1.54) is 7.11 Å². The number of nitrogens with one attached hydrogen (secondary N) is 1. The quantitative estimate of drug-likeness (QED) is 0.471. The van der Waals surface area contributed by atoms with Crippen LogP contribution in [0.3, 0.4) is 0 Å². The first-order valence-corrected chi connectivity index (χ1v) is 10.6. The molecule has 0 saturated heterocycles. The molecule has 0 amide bonds. The molecule has 0 spiro atoms. The van der Waals surface area contributed by atoms with Crippen molar-refractivity contribution in [2.24, 2.45) is 0 Å². The standard InChI is InChI=1S/C18H29NO6S2/c1-12-7-15(23-6)8-13(2)17(12)27(21,22)19-14(11-26)9-24-10-16(20)25-18(3,4)5/h7-8,14,19,26H,9-11H2,1-6H3. The molecule has 0 radical (unpaired) electrons. The lowest BCUT2D eigenvalue weighted by molar-refractivity contribution is -0.160. The first kappa shape index (κ1) is 23.7. The second kappa shape index (κ2) is 9.77. The summed E-state index contributed by atoms with van der Waals surface area (Å²) in [5, 5.41) is 0. The lowest BCUT2D eigenvalue weighted by Gasteiger charge is -2.21. The van der Waals surface area contributed by atoms with Crippen molar-refractivity contribution in [2.45, 2.75) is 51.2 Å². The third-order valence-electron chi connectivity index (χ3n) is 3.44. The van der Waals surface area contributed by atoms with Gasteiger partial charge in [0.2, 0.25) is 10.0 Å². The summed E-state index contributed by atoms with van der Waals surface area (Å²) in [5.74, 6) is 0.294. The second-order valence-electron chi connectivity index (χ2n) is 7.19. The molecule has 1 N–H and O–H groups in total. The number of hydrogen-bond acceptors (Lipinski definition) is 7. The molecular formula is C18H29NO6S2. The van der Waals surface area contributed by atoms with Crippen LogP contribution in [0, 0.1) is 13.8 Å². The minimum absolute atomic E-state index is 0.00375. The van der Waals surface area contributed by atoms with E-state index in [4.69, 9.17) is 14.2 Å². The van der Waals surface area contributed by atoms with E-state index in [0.717, 1.165) is 0 Å². The molecule has 0 aliphatic rings. The number of ether oxygens (including phenoxy) is 3. The van der Waals surface area contributed by atoms with Crippen molar-refractivity contribution < 1.29 is 27.4 Å². The van der Waals surface area contributed by atoms with Crippen LogP contribution in [0.25, 0.3) is 0 Å². The Labute approximate surface area is 167 Å². The van der Waals surface area contributed by atoms with Crippen LogP contribution in [0.15, 0.2) is 17.0 Å². The lowest BCUT2D eigenvalue weighted by Crippen LogP contribution is -2.40. The molecule has 1 unspecified atom stereocenters. The van der Waals surface area contributed by atoms with E-state index in [1.54, 1.807) is 46.8 Å². The molecular weight excluding hydrogens is 390 g/mol. The largest absolute Gasteiger partial charge is 0.497 e. The summed E-state index contributed by atoms with van der Waals surface area (Å²) in [6, 6.07) is 2.73. The van der Waals surface area contributed by atoms with Crippen LogP contribution in [0.4, 0.5) is 0 Å². The molecule has 0 aromatic heterocycles. The average Bonchev–Trinajstić information content (AvgIpc) is 2.50. The molecule has 0 heterocycles. The van der Waals surface area contributed by atoms with E-state index in [1.807, 2.05) is 0 Å². The van der Waals surface area contributed by atoms with Crippen molar-refractivity contribution in [1.82, 2.24) is 4.72 Å². The normalized spacial score (nSPS) is 13.3. The van der Waals surface area contributed by atoms with Gasteiger partial charge in [-0.1, -0.05) is 0 Å². The number of thiol groups is 1. The maximum atomic E-state index is 12.8. The van der Waals surface area contributed by atoms with Crippen molar-refractivity contribution in [1.29, 1.82) is 0 Å². The van der Waals surface area contributed by atoms with E-state index < -0.39 is 27.6 Å². The number of aryl methyl sites for hydroxylation is 2. The summed E-state index contributed by atoms with van der Waals surface area (Å²) in [5.41, 5.74) is 0.549. The zero-order chi connectivity index (χ0) is 20.8. The number of carbonyl (C=O) groups excluding carboxylic acids is 1. The number of sulfonamides is 1. The maximum absolute atomic E-state index is 12.8. The van der Waals surface area contributed by atoms with Gasteiger partial charge in [0, 0.05) is 5.75 Å². The average molecular weight is 420 g/mol. The van der Waals surface area contributed by atoms with Crippen LogP contribution in [0.2, 0.25) is 0 Å². The van der Waals surface area contributed by atoms with Gasteiger partial charge in [0.1, 0.15) is 18.0 Å². The molecule has 1 atom stereocenters. The van der Waals surface area contributed by atoms with Gasteiger partial charge >= 0.3 is 5.97 Å². The number of hydrogen-bond donors (Lipinski definition) is 2. The van der Waals surface area contributed by atoms with Gasteiger partial charge in [0.15, 0.2) is 0 Å². The predicted molar refractivity (Wildman–Crippen MR) is 107 cm³/mol. The molecule has 0 saturated carbocycles. The molecule has 154 valence electrons. The molecule has 0 aliphatic carbocycles. The van der Waals surface area contributed by atoms with Crippen LogP contribution in [-0.4, -0.2) is 52.1 Å². The van der Waals surface area contributed by atoms with Gasteiger partial charge in [-0.25, -0.2) is 17.9 Å². The molecule has 0 bridgehead atoms. The summed E-state index contributed by atoms with van der Waals surface area (Å²) in [7, 11) is -2.26. The van der Waals surface area contributed by atoms with Crippen LogP contribution < -0.4 is 9.46 Å². The minimum Gasteiger partial charge on any atom is -0.497 e. The summed E-state index contributed by atoms with van der Waals surface area (Å²) in [6.45, 7) is 8.43. The molecule has 7 nitrogen and oxygen atoms in total. The molecule has 1 aromatic carbocycles. The third kappa shape index (κ3) is 7.69. The zero-order valence-electron chi connectivity index (χ0n) is 16.7. The maximum Gasteiger partial charge on any atom is 0.332 e. The number of esters is 1. The van der Waals surface area contributed by atoms with E-state index in [9.17, 15) is 13.2 Å². The fourth-order valence-electron chi connectivity index (χ4n) is 2.51. The fraction of sp³-hybridized carbons (Fsp3) is 0.611. The number of methoxy groups -OCH3 is 1. The molecule has 1 aromatic rings. The Morgan fingerprint density at radius 2 is 1.78 bits per heavy atom. The van der Waals surface area contributed by atoms with Crippen LogP contribution in [-0.2, 0) is 24.3 Å². The van der Waals surface area contributed by atoms with Gasteiger partial charge in [0.25, 0.3) is 0 Å². The topological polar surface area (TPSA) is 90.9 Å². The van der Waals surface area contributed by atoms with Crippen molar-refractivity contribution in [3.8, 4) is 5.75 Å². The SMILES string of the molecule is COc1cc(C)c(S(=O)(=O)NC(CS)COCC(=O)OC(C)(C)C)c(C)c1. The molecule has 9 heteroatoms. The fourth-order valence-corrected chi connectivity index (χ4v) is 4.50. The summed E-state index contributed by atoms with van der Waals surface area (Å²) >= 11 is 4.17. The highest BCUT2D eigenvalue weighted by atomic mass is 32.2. The van der Waals surface area contributed by atoms with Crippen molar-refractivity contribution in [3.63, 3.8) is 0 Å². The lowest BCUT2D eigenvalue weighted by atomic mass is 10.1. The summed E-state index contributed by atoms with van der Waals surface area (Å²) in [6.07, 6.45) is 0. The smallest absolute Gasteiger partial charge is 0.332 e. The van der Waals surface area contributed by atoms with E-state index >= 15 is 0 Å². The highest BCUT2D eigenvalue weighted by Crippen LogP contribution is 2.25. The first-order valence-electron chi connectivity index (χ1n) is 8.47. The summed E-state index contributed by atoms with van der Waals surface area (Å²) < 4.78 is 43.8. The molecule has 1 rings (SSSR count). The highest BCUT2D eigenvalue weighted by Gasteiger charge is 2.24. The molecule has 27 heavy (non-hydrogen) atoms. The van der Waals surface area contributed by atoms with Crippen molar-refractivity contribution in [3.05, 3.63) is 23.3 Å². The first-order chi connectivity index (χ1) is 12.4. The zero-order valence-corrected chi connectivity index (χ0v) is 18.4. The Morgan fingerprint density at radius 1 is 1.22 bits per heavy atom. The van der Waals surface area contributed by atoms with Gasteiger partial charge in [-0.15, -0.1) is 0 Å². The monoisotopic (exact) mass is 419 g/mol. The van der Waals surface area contributed by atoms with Gasteiger partial charge in [-0.05, 0) is 57.9 Å². The number of carbonyl (C=O) groups is 1. The molecule has 0 fully saturated rings. The van der Waals surface area contributed by atoms with Gasteiger partial charge < -0.3 is 14.2 Å². The van der Waals surface area contributed by atoms with Crippen LogP contribution in [0.5, 0.6) is 5.75 Å². The Bertz CT molecular complexity index is 733. The Hall–Kier alpha value is -1.29. The van der Waals surface area contributed by atoms with Crippen molar-refractivity contribution in [2.75, 3.05) is 26.1 Å². The van der Waals surface area contributed by atoms with Crippen molar-refractivity contribution >= 4 is 28.6 Å². The van der Waals surface area contributed by atoms with E-state index in [2.05, 4.69) is 17.4 Å². The number of rotatable bonds is 9. The molecule has 0 aliphatic heterocycles. The second-order valence-corrected chi connectivity index (χ2v) is 9.21.